The summed E-state index contributed by atoms with van der Waals surface area (Å²) in [6, 6.07) is 16.4. The van der Waals surface area contributed by atoms with Gasteiger partial charge in [0.2, 0.25) is 0 Å². The highest BCUT2D eigenvalue weighted by Gasteiger charge is 2.35. The average molecular weight is 401 g/mol. The van der Waals surface area contributed by atoms with E-state index in [0.717, 1.165) is 23.7 Å². The van der Waals surface area contributed by atoms with Gasteiger partial charge in [-0.3, -0.25) is 0 Å². The second kappa shape index (κ2) is 8.94. The van der Waals surface area contributed by atoms with Crippen molar-refractivity contribution < 1.29 is 17.9 Å². The van der Waals surface area contributed by atoms with Crippen molar-refractivity contribution in [2.75, 3.05) is 5.32 Å². The van der Waals surface area contributed by atoms with E-state index in [0.29, 0.717) is 11.6 Å². The summed E-state index contributed by atoms with van der Waals surface area (Å²) >= 11 is 0. The minimum atomic E-state index is -4.59. The molecule has 1 N–H and O–H groups in total. The molecule has 29 heavy (non-hydrogen) atoms. The number of nitrogens with one attached hydrogen (secondary N) is 1. The van der Waals surface area contributed by atoms with Crippen molar-refractivity contribution in [3.8, 4) is 6.01 Å². The SMILES string of the molecule is CC(C)Cc1cccc(Nc2nc(OCc3ccccc3)ncc2C(F)(F)F)c1. The van der Waals surface area contributed by atoms with E-state index in [1.54, 1.807) is 12.1 Å². The van der Waals surface area contributed by atoms with Gasteiger partial charge in [-0.2, -0.15) is 18.2 Å². The number of hydrogen-bond donors (Lipinski definition) is 1. The van der Waals surface area contributed by atoms with Crippen molar-refractivity contribution >= 4 is 11.5 Å². The Morgan fingerprint density at radius 2 is 1.72 bits per heavy atom. The van der Waals surface area contributed by atoms with Gasteiger partial charge in [0.15, 0.2) is 0 Å². The van der Waals surface area contributed by atoms with Gasteiger partial charge in [-0.05, 0) is 35.6 Å². The Kier molecular flexibility index (Phi) is 6.36. The third-order valence-corrected chi connectivity index (χ3v) is 4.12. The largest absolute Gasteiger partial charge is 0.459 e. The number of hydrogen-bond acceptors (Lipinski definition) is 4. The van der Waals surface area contributed by atoms with E-state index >= 15 is 0 Å². The predicted octanol–water partition coefficient (Wildman–Crippen LogP) is 6.02. The van der Waals surface area contributed by atoms with Gasteiger partial charge in [-0.1, -0.05) is 56.3 Å². The number of rotatable bonds is 7. The summed E-state index contributed by atoms with van der Waals surface area (Å²) in [5.74, 6) is 0.102. The predicted molar refractivity (Wildman–Crippen MR) is 106 cm³/mol. The van der Waals surface area contributed by atoms with E-state index in [-0.39, 0.29) is 18.4 Å². The lowest BCUT2D eigenvalue weighted by Crippen LogP contribution is -2.12. The number of halogens is 3. The van der Waals surface area contributed by atoms with E-state index in [9.17, 15) is 13.2 Å². The summed E-state index contributed by atoms with van der Waals surface area (Å²) in [6.07, 6.45) is -3.01. The second-order valence-electron chi connectivity index (χ2n) is 7.11. The van der Waals surface area contributed by atoms with Crippen LogP contribution in [-0.4, -0.2) is 9.97 Å². The molecule has 0 aliphatic rings. The Labute approximate surface area is 167 Å². The van der Waals surface area contributed by atoms with Gasteiger partial charge < -0.3 is 10.1 Å². The first-order valence-corrected chi connectivity index (χ1v) is 9.28. The molecule has 0 aliphatic carbocycles. The molecular weight excluding hydrogens is 379 g/mol. The molecule has 4 nitrogen and oxygen atoms in total. The molecule has 152 valence electrons. The molecule has 0 saturated carbocycles. The van der Waals surface area contributed by atoms with Crippen LogP contribution in [0.2, 0.25) is 0 Å². The van der Waals surface area contributed by atoms with Crippen LogP contribution in [0, 0.1) is 5.92 Å². The molecule has 0 amide bonds. The summed E-state index contributed by atoms with van der Waals surface area (Å²) in [6.45, 7) is 4.33. The smallest absolute Gasteiger partial charge is 0.421 e. The Hall–Kier alpha value is -3.09. The van der Waals surface area contributed by atoms with Crippen molar-refractivity contribution in [1.82, 2.24) is 9.97 Å². The maximum atomic E-state index is 13.4. The molecule has 0 spiro atoms. The van der Waals surface area contributed by atoms with Crippen molar-refractivity contribution in [3.05, 3.63) is 77.5 Å². The van der Waals surface area contributed by atoms with Gasteiger partial charge in [-0.15, -0.1) is 0 Å². The fraction of sp³-hybridized carbons (Fsp3) is 0.273. The van der Waals surface area contributed by atoms with E-state index in [1.807, 2.05) is 42.5 Å². The number of alkyl halides is 3. The van der Waals surface area contributed by atoms with Crippen LogP contribution in [-0.2, 0) is 19.2 Å². The number of benzene rings is 2. The van der Waals surface area contributed by atoms with Gasteiger partial charge in [0.05, 0.1) is 0 Å². The molecule has 0 fully saturated rings. The van der Waals surface area contributed by atoms with E-state index in [4.69, 9.17) is 4.74 Å². The molecule has 0 aliphatic heterocycles. The van der Waals surface area contributed by atoms with Crippen LogP contribution in [0.25, 0.3) is 0 Å². The van der Waals surface area contributed by atoms with Gasteiger partial charge in [-0.25, -0.2) is 4.98 Å². The highest BCUT2D eigenvalue weighted by atomic mass is 19.4. The molecule has 2 aromatic carbocycles. The molecule has 0 atom stereocenters. The summed E-state index contributed by atoms with van der Waals surface area (Å²) in [5.41, 5.74) is 1.49. The second-order valence-corrected chi connectivity index (χ2v) is 7.11. The first-order chi connectivity index (χ1) is 13.8. The molecule has 1 aromatic heterocycles. The maximum Gasteiger partial charge on any atom is 0.421 e. The lowest BCUT2D eigenvalue weighted by molar-refractivity contribution is -0.137. The number of nitrogens with zero attached hydrogens (tertiary/aromatic N) is 2. The maximum absolute atomic E-state index is 13.4. The summed E-state index contributed by atoms with van der Waals surface area (Å²) < 4.78 is 45.8. The first kappa shape index (κ1) is 20.6. The third kappa shape index (κ3) is 5.94. The number of aromatic nitrogens is 2. The van der Waals surface area contributed by atoms with Gasteiger partial charge in [0.25, 0.3) is 0 Å². The molecule has 0 radical (unpaired) electrons. The van der Waals surface area contributed by atoms with E-state index in [1.165, 1.54) is 0 Å². The zero-order chi connectivity index (χ0) is 20.9. The van der Waals surface area contributed by atoms with Crippen LogP contribution in [0.15, 0.2) is 60.8 Å². The van der Waals surface area contributed by atoms with Gasteiger partial charge in [0.1, 0.15) is 18.0 Å². The molecule has 0 saturated heterocycles. The summed E-state index contributed by atoms with van der Waals surface area (Å²) in [4.78, 5) is 7.70. The lowest BCUT2D eigenvalue weighted by Gasteiger charge is -2.15. The van der Waals surface area contributed by atoms with Crippen LogP contribution in [0.5, 0.6) is 6.01 Å². The Balaban J connectivity index is 1.84. The van der Waals surface area contributed by atoms with Crippen molar-refractivity contribution in [1.29, 1.82) is 0 Å². The Bertz CT molecular complexity index is 944. The highest BCUT2D eigenvalue weighted by Crippen LogP contribution is 2.35. The molecule has 3 aromatic rings. The summed E-state index contributed by atoms with van der Waals surface area (Å²) in [7, 11) is 0. The number of anilines is 2. The zero-order valence-corrected chi connectivity index (χ0v) is 16.2. The Morgan fingerprint density at radius 1 is 1.00 bits per heavy atom. The minimum Gasteiger partial charge on any atom is -0.459 e. The van der Waals surface area contributed by atoms with Gasteiger partial charge >= 0.3 is 12.2 Å². The first-order valence-electron chi connectivity index (χ1n) is 9.28. The molecule has 7 heteroatoms. The van der Waals surface area contributed by atoms with Crippen molar-refractivity contribution in [2.45, 2.75) is 33.1 Å². The normalized spacial score (nSPS) is 11.5. The van der Waals surface area contributed by atoms with Crippen LogP contribution >= 0.6 is 0 Å². The molecule has 3 rings (SSSR count). The fourth-order valence-corrected chi connectivity index (χ4v) is 2.84. The quantitative estimate of drug-likeness (QED) is 0.526. The van der Waals surface area contributed by atoms with Crippen molar-refractivity contribution in [3.63, 3.8) is 0 Å². The van der Waals surface area contributed by atoms with Crippen LogP contribution < -0.4 is 10.1 Å². The standard InChI is InChI=1S/C22H22F3N3O/c1-15(2)11-17-9-6-10-18(12-17)27-20-19(22(23,24)25)13-26-21(28-20)29-14-16-7-4-3-5-8-16/h3-10,12-13,15H,11,14H2,1-2H3,(H,26,27,28). The number of ether oxygens (including phenoxy) is 1. The third-order valence-electron chi connectivity index (χ3n) is 4.12. The monoisotopic (exact) mass is 401 g/mol. The highest BCUT2D eigenvalue weighted by molar-refractivity contribution is 5.60. The zero-order valence-electron chi connectivity index (χ0n) is 16.2. The molecule has 0 unspecified atom stereocenters. The van der Waals surface area contributed by atoms with Crippen LogP contribution in [0.3, 0.4) is 0 Å². The Morgan fingerprint density at radius 3 is 2.41 bits per heavy atom. The lowest BCUT2D eigenvalue weighted by atomic mass is 10.0. The van der Waals surface area contributed by atoms with E-state index in [2.05, 4.69) is 29.1 Å². The topological polar surface area (TPSA) is 47.0 Å². The van der Waals surface area contributed by atoms with Gasteiger partial charge in [0, 0.05) is 11.9 Å². The average Bonchev–Trinajstić information content (AvgIpc) is 2.66. The molecule has 1 heterocycles. The van der Waals surface area contributed by atoms with Crippen LogP contribution in [0.1, 0.15) is 30.5 Å². The van der Waals surface area contributed by atoms with Crippen molar-refractivity contribution in [2.24, 2.45) is 5.92 Å². The molecular formula is C22H22F3N3O. The van der Waals surface area contributed by atoms with E-state index < -0.39 is 11.7 Å². The summed E-state index contributed by atoms with van der Waals surface area (Å²) in [5, 5.41) is 2.78. The van der Waals surface area contributed by atoms with Crippen LogP contribution in [0.4, 0.5) is 24.7 Å². The fourth-order valence-electron chi connectivity index (χ4n) is 2.84. The molecule has 0 bridgehead atoms. The minimum absolute atomic E-state index is 0.123.